The number of rotatable bonds is 4. The zero-order valence-corrected chi connectivity index (χ0v) is 12.7. The van der Waals surface area contributed by atoms with Gasteiger partial charge in [-0.2, -0.15) is 0 Å². The van der Waals surface area contributed by atoms with Gasteiger partial charge in [-0.15, -0.1) is 0 Å². The van der Waals surface area contributed by atoms with Gasteiger partial charge in [-0.05, 0) is 37.8 Å². The van der Waals surface area contributed by atoms with Crippen molar-refractivity contribution < 1.29 is 4.79 Å². The van der Waals surface area contributed by atoms with Crippen LogP contribution in [0.3, 0.4) is 0 Å². The van der Waals surface area contributed by atoms with Crippen molar-refractivity contribution in [1.82, 2.24) is 9.88 Å². The molecule has 20 heavy (non-hydrogen) atoms. The predicted octanol–water partition coefficient (Wildman–Crippen LogP) is 3.16. The molecule has 2 unspecified atom stereocenters. The quantitative estimate of drug-likeness (QED) is 0.918. The molecule has 0 spiro atoms. The second-order valence-corrected chi connectivity index (χ2v) is 5.80. The topological polar surface area (TPSA) is 45.2 Å². The van der Waals surface area contributed by atoms with Crippen LogP contribution in [-0.4, -0.2) is 35.4 Å². The molecule has 0 saturated heterocycles. The Balaban J connectivity index is 2.02. The molecule has 4 nitrogen and oxygen atoms in total. The van der Waals surface area contributed by atoms with Crippen molar-refractivity contribution in [3.05, 3.63) is 24.0 Å². The number of nitrogens with one attached hydrogen (secondary N) is 1. The van der Waals surface area contributed by atoms with E-state index in [9.17, 15) is 4.79 Å². The molecule has 0 radical (unpaired) electrons. The van der Waals surface area contributed by atoms with E-state index in [0.717, 1.165) is 25.1 Å². The Morgan fingerprint density at radius 2 is 2.25 bits per heavy atom. The number of nitrogens with zero attached hydrogens (tertiary/aromatic N) is 2. The van der Waals surface area contributed by atoms with E-state index in [-0.39, 0.29) is 5.91 Å². The lowest BCUT2D eigenvalue weighted by Gasteiger charge is -2.34. The number of carbonyl (C=O) groups is 1. The third kappa shape index (κ3) is 3.50. The van der Waals surface area contributed by atoms with E-state index >= 15 is 0 Å². The van der Waals surface area contributed by atoms with Gasteiger partial charge in [-0.3, -0.25) is 4.79 Å². The average Bonchev–Trinajstić information content (AvgIpc) is 2.47. The van der Waals surface area contributed by atoms with Gasteiger partial charge in [-0.1, -0.05) is 19.8 Å². The summed E-state index contributed by atoms with van der Waals surface area (Å²) in [6.45, 7) is 5.17. The highest BCUT2D eigenvalue weighted by atomic mass is 16.2. The van der Waals surface area contributed by atoms with Crippen LogP contribution < -0.4 is 5.32 Å². The Morgan fingerprint density at radius 3 is 2.85 bits per heavy atom. The van der Waals surface area contributed by atoms with Crippen molar-refractivity contribution in [2.75, 3.05) is 18.9 Å². The Morgan fingerprint density at radius 1 is 1.45 bits per heavy atom. The van der Waals surface area contributed by atoms with Gasteiger partial charge in [0.2, 0.25) is 0 Å². The molecule has 2 rings (SSSR count). The van der Waals surface area contributed by atoms with E-state index < -0.39 is 0 Å². The summed E-state index contributed by atoms with van der Waals surface area (Å²) in [4.78, 5) is 18.6. The van der Waals surface area contributed by atoms with E-state index in [0.29, 0.717) is 17.7 Å². The molecule has 1 saturated carbocycles. The number of aromatic nitrogens is 1. The van der Waals surface area contributed by atoms with E-state index in [1.807, 2.05) is 31.0 Å². The van der Waals surface area contributed by atoms with Gasteiger partial charge >= 0.3 is 0 Å². The van der Waals surface area contributed by atoms with E-state index in [1.165, 1.54) is 12.8 Å². The highest BCUT2D eigenvalue weighted by Crippen LogP contribution is 2.27. The molecule has 1 fully saturated rings. The standard InChI is InChI=1S/C16H25N3O/c1-4-17-13-8-9-15(18-11-13)16(20)19(3)14-7-5-6-12(2)10-14/h8-9,11-12,14,17H,4-7,10H2,1-3H3. The fourth-order valence-corrected chi connectivity index (χ4v) is 2.93. The van der Waals surface area contributed by atoms with Gasteiger partial charge in [0.15, 0.2) is 0 Å². The Bertz CT molecular complexity index is 444. The van der Waals surface area contributed by atoms with Crippen LogP contribution in [0.2, 0.25) is 0 Å². The number of hydrogen-bond donors (Lipinski definition) is 1. The normalized spacial score (nSPS) is 22.4. The molecule has 110 valence electrons. The van der Waals surface area contributed by atoms with Crippen LogP contribution in [0.25, 0.3) is 0 Å². The Kier molecular flexibility index (Phi) is 4.99. The SMILES string of the molecule is CCNc1ccc(C(=O)N(C)C2CCCC(C)C2)nc1. The summed E-state index contributed by atoms with van der Waals surface area (Å²) in [5.74, 6) is 0.750. The maximum Gasteiger partial charge on any atom is 0.272 e. The summed E-state index contributed by atoms with van der Waals surface area (Å²) in [6, 6.07) is 4.09. The molecule has 1 heterocycles. The van der Waals surface area contributed by atoms with Gasteiger partial charge in [0, 0.05) is 19.6 Å². The number of hydrogen-bond acceptors (Lipinski definition) is 3. The van der Waals surface area contributed by atoms with Crippen LogP contribution in [0, 0.1) is 5.92 Å². The summed E-state index contributed by atoms with van der Waals surface area (Å²) < 4.78 is 0. The van der Waals surface area contributed by atoms with E-state index in [1.54, 1.807) is 6.20 Å². The minimum atomic E-state index is 0.0344. The minimum absolute atomic E-state index is 0.0344. The lowest BCUT2D eigenvalue weighted by atomic mass is 9.86. The first-order valence-corrected chi connectivity index (χ1v) is 7.59. The van der Waals surface area contributed by atoms with E-state index in [2.05, 4.69) is 17.2 Å². The highest BCUT2D eigenvalue weighted by Gasteiger charge is 2.26. The van der Waals surface area contributed by atoms with Gasteiger partial charge < -0.3 is 10.2 Å². The van der Waals surface area contributed by atoms with Crippen LogP contribution in [0.15, 0.2) is 18.3 Å². The molecular formula is C16H25N3O. The molecule has 0 aromatic carbocycles. The summed E-state index contributed by atoms with van der Waals surface area (Å²) in [6.07, 6.45) is 6.46. The fourth-order valence-electron chi connectivity index (χ4n) is 2.93. The first kappa shape index (κ1) is 14.8. The third-order valence-corrected chi connectivity index (χ3v) is 4.14. The highest BCUT2D eigenvalue weighted by molar-refractivity contribution is 5.92. The number of pyridine rings is 1. The summed E-state index contributed by atoms with van der Waals surface area (Å²) in [7, 11) is 1.91. The summed E-state index contributed by atoms with van der Waals surface area (Å²) in [5, 5.41) is 3.18. The summed E-state index contributed by atoms with van der Waals surface area (Å²) >= 11 is 0. The molecule has 4 heteroatoms. The zero-order valence-electron chi connectivity index (χ0n) is 12.7. The van der Waals surface area contributed by atoms with Crippen LogP contribution in [0.1, 0.15) is 50.0 Å². The van der Waals surface area contributed by atoms with Crippen LogP contribution in [0.5, 0.6) is 0 Å². The Labute approximate surface area is 121 Å². The fraction of sp³-hybridized carbons (Fsp3) is 0.625. The number of anilines is 1. The van der Waals surface area contributed by atoms with Crippen molar-refractivity contribution in [3.8, 4) is 0 Å². The van der Waals surface area contributed by atoms with Crippen LogP contribution in [-0.2, 0) is 0 Å². The summed E-state index contributed by atoms with van der Waals surface area (Å²) in [5.41, 5.74) is 1.49. The van der Waals surface area contributed by atoms with Gasteiger partial charge in [0.1, 0.15) is 5.69 Å². The van der Waals surface area contributed by atoms with Crippen molar-refractivity contribution in [2.24, 2.45) is 5.92 Å². The maximum absolute atomic E-state index is 12.5. The predicted molar refractivity (Wildman–Crippen MR) is 81.9 cm³/mol. The maximum atomic E-state index is 12.5. The molecule has 1 aromatic rings. The van der Waals surface area contributed by atoms with Gasteiger partial charge in [-0.25, -0.2) is 4.98 Å². The second-order valence-electron chi connectivity index (χ2n) is 5.80. The van der Waals surface area contributed by atoms with Gasteiger partial charge in [0.05, 0.1) is 11.9 Å². The number of amides is 1. The number of carbonyl (C=O) groups excluding carboxylic acids is 1. The molecule has 1 N–H and O–H groups in total. The molecule has 1 amide bonds. The molecule has 2 atom stereocenters. The first-order valence-electron chi connectivity index (χ1n) is 7.59. The molecule has 0 aliphatic heterocycles. The molecule has 1 aliphatic carbocycles. The van der Waals surface area contributed by atoms with Crippen LogP contribution in [0.4, 0.5) is 5.69 Å². The van der Waals surface area contributed by atoms with Crippen molar-refractivity contribution in [3.63, 3.8) is 0 Å². The zero-order chi connectivity index (χ0) is 14.5. The monoisotopic (exact) mass is 275 g/mol. The first-order chi connectivity index (χ1) is 9.61. The lowest BCUT2D eigenvalue weighted by Crippen LogP contribution is -2.40. The van der Waals surface area contributed by atoms with Gasteiger partial charge in [0.25, 0.3) is 5.91 Å². The largest absolute Gasteiger partial charge is 0.384 e. The van der Waals surface area contributed by atoms with Crippen molar-refractivity contribution in [1.29, 1.82) is 0 Å². The molecule has 1 aromatic heterocycles. The second kappa shape index (κ2) is 6.73. The Hall–Kier alpha value is -1.58. The van der Waals surface area contributed by atoms with E-state index in [4.69, 9.17) is 0 Å². The molecule has 1 aliphatic rings. The molecular weight excluding hydrogens is 250 g/mol. The minimum Gasteiger partial charge on any atom is -0.384 e. The lowest BCUT2D eigenvalue weighted by molar-refractivity contribution is 0.0666. The third-order valence-electron chi connectivity index (χ3n) is 4.14. The smallest absolute Gasteiger partial charge is 0.272 e. The average molecular weight is 275 g/mol. The van der Waals surface area contributed by atoms with Crippen LogP contribution >= 0.6 is 0 Å². The van der Waals surface area contributed by atoms with Crippen molar-refractivity contribution in [2.45, 2.75) is 45.6 Å². The molecule has 0 bridgehead atoms. The van der Waals surface area contributed by atoms with Crippen molar-refractivity contribution >= 4 is 11.6 Å².